The highest BCUT2D eigenvalue weighted by molar-refractivity contribution is 7.92. The van der Waals surface area contributed by atoms with Gasteiger partial charge in [0.25, 0.3) is 0 Å². The number of nitrogens with one attached hydrogen (secondary N) is 1. The molecule has 7 nitrogen and oxygen atoms in total. The maximum absolute atomic E-state index is 14.5. The van der Waals surface area contributed by atoms with Gasteiger partial charge < -0.3 is 10.2 Å². The Bertz CT molecular complexity index is 1470. The number of anilines is 1. The van der Waals surface area contributed by atoms with Crippen molar-refractivity contribution in [3.05, 3.63) is 101 Å². The Kier molecular flexibility index (Phi) is 11.0. The van der Waals surface area contributed by atoms with Crippen molar-refractivity contribution in [2.45, 2.75) is 63.6 Å². The monoisotopic (exact) mass is 613 g/mol. The van der Waals surface area contributed by atoms with Crippen LogP contribution in [-0.4, -0.2) is 50.0 Å². The van der Waals surface area contributed by atoms with Crippen molar-refractivity contribution < 1.29 is 22.4 Å². The van der Waals surface area contributed by atoms with Crippen LogP contribution in [0.3, 0.4) is 0 Å². The Hall–Kier alpha value is -3.43. The third-order valence-corrected chi connectivity index (χ3v) is 8.90. The van der Waals surface area contributed by atoms with Crippen LogP contribution < -0.4 is 9.62 Å². The third kappa shape index (κ3) is 8.79. The van der Waals surface area contributed by atoms with Crippen LogP contribution in [0.25, 0.3) is 0 Å². The number of amides is 2. The van der Waals surface area contributed by atoms with Crippen molar-refractivity contribution in [2.75, 3.05) is 17.1 Å². The van der Waals surface area contributed by atoms with Crippen LogP contribution in [0.5, 0.6) is 0 Å². The van der Waals surface area contributed by atoms with Gasteiger partial charge in [0.2, 0.25) is 21.8 Å². The smallest absolute Gasteiger partial charge is 0.243 e. The fourth-order valence-electron chi connectivity index (χ4n) is 5.39. The van der Waals surface area contributed by atoms with Crippen LogP contribution in [0.2, 0.25) is 5.02 Å². The second-order valence-electron chi connectivity index (χ2n) is 10.7. The average molecular weight is 614 g/mol. The lowest BCUT2D eigenvalue weighted by Crippen LogP contribution is -2.52. The molecule has 1 unspecified atom stereocenters. The molecule has 0 heterocycles. The van der Waals surface area contributed by atoms with Crippen LogP contribution in [0, 0.1) is 5.82 Å². The number of halogens is 2. The van der Waals surface area contributed by atoms with Crippen molar-refractivity contribution in [1.29, 1.82) is 0 Å². The highest BCUT2D eigenvalue weighted by Gasteiger charge is 2.32. The predicted molar refractivity (Wildman–Crippen MR) is 164 cm³/mol. The third-order valence-electron chi connectivity index (χ3n) is 7.49. The van der Waals surface area contributed by atoms with Gasteiger partial charge in [-0.2, -0.15) is 0 Å². The van der Waals surface area contributed by atoms with Gasteiger partial charge in [-0.05, 0) is 54.7 Å². The highest BCUT2D eigenvalue weighted by Crippen LogP contribution is 2.24. The second-order valence-corrected chi connectivity index (χ2v) is 13.1. The highest BCUT2D eigenvalue weighted by atomic mass is 35.5. The van der Waals surface area contributed by atoms with Gasteiger partial charge >= 0.3 is 0 Å². The van der Waals surface area contributed by atoms with E-state index in [1.54, 1.807) is 29.2 Å². The SMILES string of the molecule is CS(=O)(=O)N(CCCC(=O)N(Cc1cccc(Cl)c1)C(Cc1ccccc1)C(=O)NC1CCCC1)c1ccccc1F. The first-order valence-corrected chi connectivity index (χ1v) is 16.4. The number of hydrogen-bond donors (Lipinski definition) is 1. The minimum Gasteiger partial charge on any atom is -0.352 e. The summed E-state index contributed by atoms with van der Waals surface area (Å²) in [5.74, 6) is -1.19. The standard InChI is InChI=1S/C32H37ClFN3O4S/c1-42(40,41)37(29-18-8-7-17-28(29)34)20-10-19-31(38)36(23-25-13-9-14-26(33)21-25)30(22-24-11-3-2-4-12-24)32(39)35-27-15-5-6-16-27/h2-4,7-9,11-14,17-18,21,27,30H,5-6,10,15-16,19-20,22-23H2,1H3,(H,35,39). The Morgan fingerprint density at radius 3 is 2.31 bits per heavy atom. The summed E-state index contributed by atoms with van der Waals surface area (Å²) < 4.78 is 40.5. The maximum atomic E-state index is 14.5. The zero-order valence-corrected chi connectivity index (χ0v) is 25.3. The molecular formula is C32H37ClFN3O4S. The van der Waals surface area contributed by atoms with Gasteiger partial charge in [0.15, 0.2) is 0 Å². The summed E-state index contributed by atoms with van der Waals surface area (Å²) in [5, 5.41) is 3.68. The normalized spacial score (nSPS) is 14.4. The van der Waals surface area contributed by atoms with Crippen molar-refractivity contribution >= 4 is 39.1 Å². The quantitative estimate of drug-likeness (QED) is 0.267. The number of sulfonamides is 1. The van der Waals surface area contributed by atoms with Crippen molar-refractivity contribution in [1.82, 2.24) is 10.2 Å². The first kappa shape index (κ1) is 31.5. The average Bonchev–Trinajstić information content (AvgIpc) is 3.46. The minimum atomic E-state index is -3.81. The number of hydrogen-bond acceptors (Lipinski definition) is 4. The van der Waals surface area contributed by atoms with Gasteiger partial charge in [0, 0.05) is 37.0 Å². The molecule has 42 heavy (non-hydrogen) atoms. The van der Waals surface area contributed by atoms with Crippen molar-refractivity contribution in [3.8, 4) is 0 Å². The van der Waals surface area contributed by atoms with E-state index in [1.165, 1.54) is 18.2 Å². The summed E-state index contributed by atoms with van der Waals surface area (Å²) in [6, 6.07) is 21.6. The summed E-state index contributed by atoms with van der Waals surface area (Å²) in [7, 11) is -3.81. The fourth-order valence-corrected chi connectivity index (χ4v) is 6.57. The molecule has 1 saturated carbocycles. The van der Waals surface area contributed by atoms with E-state index in [-0.39, 0.29) is 49.5 Å². The van der Waals surface area contributed by atoms with Gasteiger partial charge in [-0.25, -0.2) is 12.8 Å². The molecule has 0 saturated heterocycles. The van der Waals surface area contributed by atoms with Crippen molar-refractivity contribution in [2.24, 2.45) is 0 Å². The van der Waals surface area contributed by atoms with Crippen LogP contribution >= 0.6 is 11.6 Å². The number of carbonyl (C=O) groups excluding carboxylic acids is 2. The van der Waals surface area contributed by atoms with E-state index < -0.39 is 21.9 Å². The summed E-state index contributed by atoms with van der Waals surface area (Å²) in [4.78, 5) is 29.3. The van der Waals surface area contributed by atoms with Gasteiger partial charge in [0.05, 0.1) is 11.9 Å². The molecule has 10 heteroatoms. The second kappa shape index (κ2) is 14.6. The van der Waals surface area contributed by atoms with Crippen LogP contribution in [0.1, 0.15) is 49.7 Å². The largest absolute Gasteiger partial charge is 0.352 e. The Morgan fingerprint density at radius 2 is 1.64 bits per heavy atom. The lowest BCUT2D eigenvalue weighted by molar-refractivity contribution is -0.141. The molecule has 0 spiro atoms. The Balaban J connectivity index is 1.59. The van der Waals surface area contributed by atoms with Crippen LogP contribution in [0.15, 0.2) is 78.9 Å². The molecule has 1 fully saturated rings. The predicted octanol–water partition coefficient (Wildman–Crippen LogP) is 5.72. The molecule has 3 aromatic rings. The molecule has 3 aromatic carbocycles. The Labute approximate surface area is 252 Å². The Morgan fingerprint density at radius 1 is 0.976 bits per heavy atom. The molecule has 0 bridgehead atoms. The molecule has 0 aromatic heterocycles. The van der Waals surface area contributed by atoms with E-state index in [2.05, 4.69) is 5.32 Å². The topological polar surface area (TPSA) is 86.8 Å². The van der Waals surface area contributed by atoms with Gasteiger partial charge in [-0.15, -0.1) is 0 Å². The van der Waals surface area contributed by atoms with Gasteiger partial charge in [-0.1, -0.05) is 79.0 Å². The van der Waals surface area contributed by atoms with E-state index >= 15 is 0 Å². The summed E-state index contributed by atoms with van der Waals surface area (Å²) in [6.45, 7) is 0.0617. The molecule has 2 amide bonds. The molecule has 0 radical (unpaired) electrons. The molecule has 1 aliphatic carbocycles. The lowest BCUT2D eigenvalue weighted by atomic mass is 10.0. The lowest BCUT2D eigenvalue weighted by Gasteiger charge is -2.33. The number of benzene rings is 3. The van der Waals surface area contributed by atoms with E-state index in [4.69, 9.17) is 11.6 Å². The molecule has 1 atom stereocenters. The number of carbonyl (C=O) groups is 2. The molecule has 224 valence electrons. The molecular weight excluding hydrogens is 577 g/mol. The number of nitrogens with zero attached hydrogens (tertiary/aromatic N) is 2. The van der Waals surface area contributed by atoms with Gasteiger partial charge in [0.1, 0.15) is 11.9 Å². The summed E-state index contributed by atoms with van der Waals surface area (Å²) >= 11 is 6.25. The number of rotatable bonds is 13. The first-order chi connectivity index (χ1) is 20.1. The molecule has 1 aliphatic rings. The number of para-hydroxylation sites is 1. The maximum Gasteiger partial charge on any atom is 0.243 e. The van der Waals surface area contributed by atoms with Crippen molar-refractivity contribution in [3.63, 3.8) is 0 Å². The zero-order chi connectivity index (χ0) is 30.1. The van der Waals surface area contributed by atoms with Gasteiger partial charge in [-0.3, -0.25) is 13.9 Å². The minimum absolute atomic E-state index is 0.0387. The van der Waals surface area contributed by atoms with E-state index in [1.807, 2.05) is 36.4 Å². The molecule has 1 N–H and O–H groups in total. The summed E-state index contributed by atoms with van der Waals surface area (Å²) in [6.07, 6.45) is 5.34. The summed E-state index contributed by atoms with van der Waals surface area (Å²) in [5.41, 5.74) is 1.61. The fraction of sp³-hybridized carbons (Fsp3) is 0.375. The molecule has 0 aliphatic heterocycles. The molecule has 4 rings (SSSR count). The van der Waals surface area contributed by atoms with Crippen LogP contribution in [0.4, 0.5) is 10.1 Å². The van der Waals surface area contributed by atoms with E-state index in [9.17, 15) is 22.4 Å². The first-order valence-electron chi connectivity index (χ1n) is 14.2. The zero-order valence-electron chi connectivity index (χ0n) is 23.7. The van der Waals surface area contributed by atoms with Crippen LogP contribution in [-0.2, 0) is 32.6 Å². The van der Waals surface area contributed by atoms with E-state index in [0.717, 1.165) is 47.4 Å². The van der Waals surface area contributed by atoms with E-state index in [0.29, 0.717) is 11.4 Å².